The molecule has 2 aromatic carbocycles. The van der Waals surface area contributed by atoms with Crippen LogP contribution in [0, 0.1) is 0 Å². The number of fused-ring (bicyclic) bond motifs is 1. The highest BCUT2D eigenvalue weighted by Crippen LogP contribution is 2.29. The van der Waals surface area contributed by atoms with Gasteiger partial charge in [-0.05, 0) is 31.2 Å². The number of benzene rings is 2. The van der Waals surface area contributed by atoms with Crippen molar-refractivity contribution in [1.82, 2.24) is 9.55 Å². The van der Waals surface area contributed by atoms with Gasteiger partial charge in [-0.15, -0.1) is 0 Å². The minimum atomic E-state index is 0.911. The fourth-order valence-electron chi connectivity index (χ4n) is 2.50. The zero-order valence-corrected chi connectivity index (χ0v) is 11.2. The number of hydrogen-bond donors (Lipinski definition) is 1. The number of aryl methyl sites for hydroxylation is 1. The summed E-state index contributed by atoms with van der Waals surface area (Å²) in [6, 6.07) is 16.6. The maximum Gasteiger partial charge on any atom is 0.143 e. The summed E-state index contributed by atoms with van der Waals surface area (Å²) < 4.78 is 2.26. The Morgan fingerprint density at radius 1 is 1.05 bits per heavy atom. The van der Waals surface area contributed by atoms with E-state index in [0.29, 0.717) is 0 Å². The molecule has 0 saturated heterocycles. The Morgan fingerprint density at radius 3 is 2.58 bits per heavy atom. The molecular formula is C16H17N3. The van der Waals surface area contributed by atoms with Crippen LogP contribution >= 0.6 is 0 Å². The molecule has 0 bridgehead atoms. The minimum Gasteiger partial charge on any atom is -0.388 e. The summed E-state index contributed by atoms with van der Waals surface area (Å²) >= 11 is 0. The van der Waals surface area contributed by atoms with Crippen molar-refractivity contribution in [2.24, 2.45) is 0 Å². The SMILES string of the molecule is CCn1c(-c2ccccc2NC)nc2ccccc21. The predicted molar refractivity (Wildman–Crippen MR) is 80.4 cm³/mol. The van der Waals surface area contributed by atoms with E-state index in [9.17, 15) is 0 Å². The standard InChI is InChI=1S/C16H17N3/c1-3-19-15-11-7-6-10-14(15)18-16(19)12-8-4-5-9-13(12)17-2/h4-11,17H,3H2,1-2H3. The highest BCUT2D eigenvalue weighted by molar-refractivity contribution is 5.84. The Kier molecular flexibility index (Phi) is 2.95. The van der Waals surface area contributed by atoms with E-state index >= 15 is 0 Å². The summed E-state index contributed by atoms with van der Waals surface area (Å²) in [5.41, 5.74) is 4.48. The lowest BCUT2D eigenvalue weighted by molar-refractivity contribution is 0.796. The summed E-state index contributed by atoms with van der Waals surface area (Å²) in [6.07, 6.45) is 0. The molecule has 0 spiro atoms. The third-order valence-electron chi connectivity index (χ3n) is 3.41. The third kappa shape index (κ3) is 1.87. The Morgan fingerprint density at radius 2 is 1.79 bits per heavy atom. The van der Waals surface area contributed by atoms with Crippen molar-refractivity contribution >= 4 is 16.7 Å². The maximum atomic E-state index is 4.79. The summed E-state index contributed by atoms with van der Waals surface area (Å²) in [5.74, 6) is 1.02. The molecule has 0 aliphatic carbocycles. The first kappa shape index (κ1) is 11.8. The molecule has 3 nitrogen and oxygen atoms in total. The fraction of sp³-hybridized carbons (Fsp3) is 0.188. The van der Waals surface area contributed by atoms with E-state index in [-0.39, 0.29) is 0 Å². The third-order valence-corrected chi connectivity index (χ3v) is 3.41. The Balaban J connectivity index is 2.30. The summed E-state index contributed by atoms with van der Waals surface area (Å²) in [7, 11) is 1.94. The van der Waals surface area contributed by atoms with Gasteiger partial charge < -0.3 is 9.88 Å². The lowest BCUT2D eigenvalue weighted by atomic mass is 10.1. The molecule has 0 saturated carbocycles. The zero-order valence-electron chi connectivity index (χ0n) is 11.2. The van der Waals surface area contributed by atoms with Crippen LogP contribution in [0.3, 0.4) is 0 Å². The number of aromatic nitrogens is 2. The van der Waals surface area contributed by atoms with Crippen molar-refractivity contribution in [3.63, 3.8) is 0 Å². The van der Waals surface area contributed by atoms with Gasteiger partial charge in [-0.3, -0.25) is 0 Å². The van der Waals surface area contributed by atoms with Gasteiger partial charge in [0.25, 0.3) is 0 Å². The van der Waals surface area contributed by atoms with Gasteiger partial charge in [0, 0.05) is 24.8 Å². The quantitative estimate of drug-likeness (QED) is 0.768. The van der Waals surface area contributed by atoms with E-state index in [2.05, 4.69) is 53.2 Å². The van der Waals surface area contributed by atoms with Crippen LogP contribution in [0.2, 0.25) is 0 Å². The molecule has 19 heavy (non-hydrogen) atoms. The van der Waals surface area contributed by atoms with Crippen LogP contribution in [0.25, 0.3) is 22.4 Å². The van der Waals surface area contributed by atoms with Gasteiger partial charge in [-0.2, -0.15) is 0 Å². The summed E-state index contributed by atoms with van der Waals surface area (Å²) in [4.78, 5) is 4.79. The van der Waals surface area contributed by atoms with Crippen molar-refractivity contribution < 1.29 is 0 Å². The van der Waals surface area contributed by atoms with Crippen molar-refractivity contribution in [1.29, 1.82) is 0 Å². The molecule has 0 radical (unpaired) electrons. The number of nitrogens with zero attached hydrogens (tertiary/aromatic N) is 2. The van der Waals surface area contributed by atoms with Crippen LogP contribution in [-0.2, 0) is 6.54 Å². The van der Waals surface area contributed by atoms with Gasteiger partial charge in [0.2, 0.25) is 0 Å². The fourth-order valence-corrected chi connectivity index (χ4v) is 2.50. The van der Waals surface area contributed by atoms with Crippen LogP contribution in [0.5, 0.6) is 0 Å². The lowest BCUT2D eigenvalue weighted by Crippen LogP contribution is -2.00. The largest absolute Gasteiger partial charge is 0.388 e. The number of anilines is 1. The molecule has 3 heteroatoms. The van der Waals surface area contributed by atoms with E-state index in [1.807, 2.05) is 19.2 Å². The molecule has 1 N–H and O–H groups in total. The molecular weight excluding hydrogens is 234 g/mol. The molecule has 0 fully saturated rings. The number of imidazole rings is 1. The first-order valence-corrected chi connectivity index (χ1v) is 6.57. The van der Waals surface area contributed by atoms with E-state index < -0.39 is 0 Å². The van der Waals surface area contributed by atoms with Gasteiger partial charge >= 0.3 is 0 Å². The second kappa shape index (κ2) is 4.76. The minimum absolute atomic E-state index is 0.911. The average molecular weight is 251 g/mol. The normalized spacial score (nSPS) is 10.8. The van der Waals surface area contributed by atoms with Gasteiger partial charge in [0.05, 0.1) is 11.0 Å². The molecule has 0 unspecified atom stereocenters. The van der Waals surface area contributed by atoms with Crippen LogP contribution < -0.4 is 5.32 Å². The lowest BCUT2D eigenvalue weighted by Gasteiger charge is -2.10. The Labute approximate surface area is 112 Å². The first-order valence-electron chi connectivity index (χ1n) is 6.57. The second-order valence-electron chi connectivity index (χ2n) is 4.46. The topological polar surface area (TPSA) is 29.9 Å². The molecule has 96 valence electrons. The zero-order chi connectivity index (χ0) is 13.2. The molecule has 3 rings (SSSR count). The number of para-hydroxylation sites is 3. The monoisotopic (exact) mass is 251 g/mol. The van der Waals surface area contributed by atoms with E-state index in [4.69, 9.17) is 4.98 Å². The molecule has 0 atom stereocenters. The number of rotatable bonds is 3. The van der Waals surface area contributed by atoms with Gasteiger partial charge in [0.15, 0.2) is 0 Å². The van der Waals surface area contributed by atoms with Crippen LogP contribution in [-0.4, -0.2) is 16.6 Å². The van der Waals surface area contributed by atoms with Crippen molar-refractivity contribution in [3.05, 3.63) is 48.5 Å². The van der Waals surface area contributed by atoms with Gasteiger partial charge in [-0.1, -0.05) is 24.3 Å². The Hall–Kier alpha value is -2.29. The van der Waals surface area contributed by atoms with E-state index in [0.717, 1.165) is 29.1 Å². The molecule has 1 aromatic heterocycles. The highest BCUT2D eigenvalue weighted by atomic mass is 15.1. The van der Waals surface area contributed by atoms with Crippen molar-refractivity contribution in [2.45, 2.75) is 13.5 Å². The van der Waals surface area contributed by atoms with Crippen molar-refractivity contribution in [3.8, 4) is 11.4 Å². The highest BCUT2D eigenvalue weighted by Gasteiger charge is 2.13. The summed E-state index contributed by atoms with van der Waals surface area (Å²) in [5, 5.41) is 3.24. The van der Waals surface area contributed by atoms with Crippen LogP contribution in [0.4, 0.5) is 5.69 Å². The molecule has 1 heterocycles. The Bertz CT molecular complexity index is 713. The molecule has 0 amide bonds. The van der Waals surface area contributed by atoms with Gasteiger partial charge in [-0.25, -0.2) is 4.98 Å². The smallest absolute Gasteiger partial charge is 0.143 e. The van der Waals surface area contributed by atoms with Crippen LogP contribution in [0.15, 0.2) is 48.5 Å². The maximum absolute atomic E-state index is 4.79. The molecule has 0 aliphatic rings. The molecule has 3 aromatic rings. The van der Waals surface area contributed by atoms with Gasteiger partial charge in [0.1, 0.15) is 5.82 Å². The van der Waals surface area contributed by atoms with Crippen molar-refractivity contribution in [2.75, 3.05) is 12.4 Å². The summed E-state index contributed by atoms with van der Waals surface area (Å²) in [6.45, 7) is 3.06. The first-order chi connectivity index (χ1) is 9.35. The predicted octanol–water partition coefficient (Wildman–Crippen LogP) is 3.76. The van der Waals surface area contributed by atoms with E-state index in [1.165, 1.54) is 5.52 Å². The average Bonchev–Trinajstić information content (AvgIpc) is 2.85. The molecule has 0 aliphatic heterocycles. The number of nitrogens with one attached hydrogen (secondary N) is 1. The second-order valence-corrected chi connectivity index (χ2v) is 4.46. The van der Waals surface area contributed by atoms with Crippen LogP contribution in [0.1, 0.15) is 6.92 Å². The van der Waals surface area contributed by atoms with E-state index in [1.54, 1.807) is 0 Å². The number of hydrogen-bond acceptors (Lipinski definition) is 2.